The molecule has 0 amide bonds. The van der Waals surface area contributed by atoms with Crippen LogP contribution in [0, 0.1) is 11.5 Å². The number of hydrogen-bond acceptors (Lipinski definition) is 1. The Morgan fingerprint density at radius 3 is 2.26 bits per heavy atom. The van der Waals surface area contributed by atoms with Crippen LogP contribution < -0.4 is 0 Å². The molecule has 0 aliphatic heterocycles. The summed E-state index contributed by atoms with van der Waals surface area (Å²) in [6, 6.07) is 9.99. The maximum Gasteiger partial charge on any atom is 0.138 e. The molecule has 0 radical (unpaired) electrons. The van der Waals surface area contributed by atoms with Crippen molar-refractivity contribution in [2.45, 2.75) is 38.9 Å². The summed E-state index contributed by atoms with van der Waals surface area (Å²) in [6.07, 6.45) is 1.96. The summed E-state index contributed by atoms with van der Waals surface area (Å²) in [4.78, 5) is 0. The zero-order chi connectivity index (χ0) is 14.5. The highest BCUT2D eigenvalue weighted by Gasteiger charge is 2.33. The summed E-state index contributed by atoms with van der Waals surface area (Å²) in [5, 5.41) is 9.67. The van der Waals surface area contributed by atoms with Crippen molar-refractivity contribution in [1.82, 2.24) is 0 Å². The SMILES string of the molecule is CC(C)(C)[Si](C)(C)C#C/C(=C/c1ccccc1)CO. The largest absolute Gasteiger partial charge is 0.391 e. The van der Waals surface area contributed by atoms with Crippen molar-refractivity contribution in [2.75, 3.05) is 6.61 Å². The normalized spacial score (nSPS) is 12.8. The lowest BCUT2D eigenvalue weighted by molar-refractivity contribution is 0.337. The van der Waals surface area contributed by atoms with Gasteiger partial charge in [0.25, 0.3) is 0 Å². The highest BCUT2D eigenvalue weighted by molar-refractivity contribution is 6.87. The minimum absolute atomic E-state index is 0.00346. The third kappa shape index (κ3) is 4.70. The monoisotopic (exact) mass is 272 g/mol. The zero-order valence-electron chi connectivity index (χ0n) is 12.6. The van der Waals surface area contributed by atoms with Crippen LogP contribution in [0.2, 0.25) is 18.1 Å². The highest BCUT2D eigenvalue weighted by Crippen LogP contribution is 2.35. The molecular weight excluding hydrogens is 248 g/mol. The predicted molar refractivity (Wildman–Crippen MR) is 86.5 cm³/mol. The molecule has 0 aliphatic carbocycles. The molecule has 102 valence electrons. The maximum absolute atomic E-state index is 9.43. The van der Waals surface area contributed by atoms with E-state index < -0.39 is 8.07 Å². The minimum atomic E-state index is -1.61. The smallest absolute Gasteiger partial charge is 0.138 e. The fourth-order valence-corrected chi connectivity index (χ4v) is 2.14. The molecule has 0 heterocycles. The van der Waals surface area contributed by atoms with Crippen LogP contribution in [0.1, 0.15) is 26.3 Å². The Bertz CT molecular complexity index is 496. The first kappa shape index (κ1) is 15.8. The van der Waals surface area contributed by atoms with Gasteiger partial charge >= 0.3 is 0 Å². The number of aliphatic hydroxyl groups is 1. The van der Waals surface area contributed by atoms with E-state index in [0.717, 1.165) is 11.1 Å². The van der Waals surface area contributed by atoms with Gasteiger partial charge in [-0.25, -0.2) is 0 Å². The number of aliphatic hydroxyl groups excluding tert-OH is 1. The fourth-order valence-electron chi connectivity index (χ4n) is 1.30. The molecule has 1 aromatic carbocycles. The van der Waals surface area contributed by atoms with Gasteiger partial charge in [-0.15, -0.1) is 5.54 Å². The summed E-state index contributed by atoms with van der Waals surface area (Å²) in [6.45, 7) is 11.3. The van der Waals surface area contributed by atoms with Crippen molar-refractivity contribution >= 4 is 14.1 Å². The number of benzene rings is 1. The molecule has 0 atom stereocenters. The topological polar surface area (TPSA) is 20.2 Å². The molecule has 1 N–H and O–H groups in total. The molecule has 1 nitrogen and oxygen atoms in total. The van der Waals surface area contributed by atoms with E-state index in [-0.39, 0.29) is 11.6 Å². The third-order valence-corrected chi connectivity index (χ3v) is 8.22. The molecule has 19 heavy (non-hydrogen) atoms. The van der Waals surface area contributed by atoms with Gasteiger partial charge in [0.15, 0.2) is 0 Å². The van der Waals surface area contributed by atoms with Crippen LogP contribution in [-0.4, -0.2) is 19.8 Å². The molecule has 0 aliphatic rings. The molecular formula is C17H24OSi. The van der Waals surface area contributed by atoms with E-state index in [1.165, 1.54) is 0 Å². The van der Waals surface area contributed by atoms with Gasteiger partial charge in [-0.1, -0.05) is 70.1 Å². The molecule has 0 spiro atoms. The highest BCUT2D eigenvalue weighted by atomic mass is 28.3. The van der Waals surface area contributed by atoms with Gasteiger partial charge < -0.3 is 5.11 Å². The van der Waals surface area contributed by atoms with Crippen molar-refractivity contribution in [3.63, 3.8) is 0 Å². The number of rotatable bonds is 2. The lowest BCUT2D eigenvalue weighted by Gasteiger charge is -2.31. The first-order valence-electron chi connectivity index (χ1n) is 6.66. The molecule has 0 bridgehead atoms. The quantitative estimate of drug-likeness (QED) is 0.634. The fraction of sp³-hybridized carbons (Fsp3) is 0.412. The molecule has 1 aromatic rings. The average molecular weight is 272 g/mol. The molecule has 0 saturated heterocycles. The second-order valence-corrected chi connectivity index (χ2v) is 11.4. The number of hydrogen-bond donors (Lipinski definition) is 1. The van der Waals surface area contributed by atoms with E-state index in [1.54, 1.807) is 0 Å². The van der Waals surface area contributed by atoms with Crippen LogP contribution in [0.3, 0.4) is 0 Å². The first-order chi connectivity index (χ1) is 8.76. The Kier molecular flexibility index (Phi) is 5.17. The van der Waals surface area contributed by atoms with Crippen molar-refractivity contribution in [3.05, 3.63) is 41.5 Å². The van der Waals surface area contributed by atoms with Crippen LogP contribution in [-0.2, 0) is 0 Å². The van der Waals surface area contributed by atoms with Crippen LogP contribution in [0.5, 0.6) is 0 Å². The lowest BCUT2D eigenvalue weighted by atomic mass is 10.1. The van der Waals surface area contributed by atoms with E-state index in [0.29, 0.717) is 0 Å². The standard InChI is InChI=1S/C17H24OSi/c1-17(2,3)19(4,5)12-11-16(14-18)13-15-9-7-6-8-10-15/h6-10,13,18H,14H2,1-5H3/b16-13-. The first-order valence-corrected chi connectivity index (χ1v) is 9.66. The second-order valence-electron chi connectivity index (χ2n) is 6.36. The minimum Gasteiger partial charge on any atom is -0.391 e. The molecule has 0 unspecified atom stereocenters. The van der Waals surface area contributed by atoms with Crippen molar-refractivity contribution in [3.8, 4) is 11.5 Å². The molecule has 0 fully saturated rings. The van der Waals surface area contributed by atoms with E-state index in [9.17, 15) is 5.11 Å². The second kappa shape index (κ2) is 6.23. The van der Waals surface area contributed by atoms with Crippen molar-refractivity contribution in [2.24, 2.45) is 0 Å². The lowest BCUT2D eigenvalue weighted by Crippen LogP contribution is -2.35. The van der Waals surface area contributed by atoms with Crippen LogP contribution in [0.25, 0.3) is 6.08 Å². The summed E-state index contributed by atoms with van der Waals surface area (Å²) >= 11 is 0. The van der Waals surface area contributed by atoms with Gasteiger partial charge in [-0.2, -0.15) is 0 Å². The average Bonchev–Trinajstić information content (AvgIpc) is 2.34. The summed E-state index contributed by atoms with van der Waals surface area (Å²) in [7, 11) is -1.61. The Labute approximate surface area is 118 Å². The molecule has 0 aromatic heterocycles. The van der Waals surface area contributed by atoms with Crippen molar-refractivity contribution in [1.29, 1.82) is 0 Å². The summed E-state index contributed by atoms with van der Waals surface area (Å²) in [5.74, 6) is 3.19. The van der Waals surface area contributed by atoms with Gasteiger partial charge in [0.1, 0.15) is 8.07 Å². The summed E-state index contributed by atoms with van der Waals surface area (Å²) < 4.78 is 0. The van der Waals surface area contributed by atoms with Gasteiger partial charge in [-0.3, -0.25) is 0 Å². The third-order valence-electron chi connectivity index (χ3n) is 3.72. The summed E-state index contributed by atoms with van der Waals surface area (Å²) in [5.41, 5.74) is 5.30. The van der Waals surface area contributed by atoms with Crippen LogP contribution in [0.15, 0.2) is 35.9 Å². The van der Waals surface area contributed by atoms with E-state index in [1.807, 2.05) is 36.4 Å². The van der Waals surface area contributed by atoms with Crippen LogP contribution in [0.4, 0.5) is 0 Å². The van der Waals surface area contributed by atoms with E-state index in [2.05, 4.69) is 45.3 Å². The Hall–Kier alpha value is -1.30. The van der Waals surface area contributed by atoms with Crippen LogP contribution >= 0.6 is 0 Å². The Morgan fingerprint density at radius 2 is 1.79 bits per heavy atom. The molecule has 0 saturated carbocycles. The molecule has 1 rings (SSSR count). The zero-order valence-corrected chi connectivity index (χ0v) is 13.6. The van der Waals surface area contributed by atoms with Gasteiger partial charge in [-0.05, 0) is 16.7 Å². The van der Waals surface area contributed by atoms with E-state index in [4.69, 9.17) is 0 Å². The predicted octanol–water partition coefficient (Wildman–Crippen LogP) is 4.11. The van der Waals surface area contributed by atoms with Gasteiger partial charge in [0, 0.05) is 5.57 Å². The Balaban J connectivity index is 3.00. The van der Waals surface area contributed by atoms with Gasteiger partial charge in [0.05, 0.1) is 6.61 Å². The Morgan fingerprint density at radius 1 is 1.21 bits per heavy atom. The van der Waals surface area contributed by atoms with E-state index >= 15 is 0 Å². The van der Waals surface area contributed by atoms with Gasteiger partial charge in [0.2, 0.25) is 0 Å². The molecule has 2 heteroatoms. The van der Waals surface area contributed by atoms with Crippen molar-refractivity contribution < 1.29 is 5.11 Å². The maximum atomic E-state index is 9.43.